The first kappa shape index (κ1) is 23.9. The smallest absolute Gasteiger partial charge is 0.187 e. The van der Waals surface area contributed by atoms with Crippen LogP contribution in [0.2, 0.25) is 0 Å². The maximum Gasteiger partial charge on any atom is 0.187 e. The Labute approximate surface area is 182 Å². The molecule has 3 rings (SSSR count). The molecule has 3 N–H and O–H groups in total. The normalized spacial score (nSPS) is 43.3. The van der Waals surface area contributed by atoms with Gasteiger partial charge in [-0.1, -0.05) is 44.9 Å². The molecule has 5 nitrogen and oxygen atoms in total. The third-order valence-corrected chi connectivity index (χ3v) is 8.50. The van der Waals surface area contributed by atoms with Gasteiger partial charge < -0.3 is 24.8 Å². The Bertz CT molecular complexity index is 658. The molecule has 1 aliphatic heterocycles. The lowest BCUT2D eigenvalue weighted by atomic mass is 9.48. The molecule has 0 aromatic carbocycles. The Kier molecular flexibility index (Phi) is 6.91. The number of hydrogen-bond donors (Lipinski definition) is 3. The first-order valence-corrected chi connectivity index (χ1v) is 11.6. The van der Waals surface area contributed by atoms with E-state index in [2.05, 4.69) is 40.3 Å². The van der Waals surface area contributed by atoms with Crippen molar-refractivity contribution in [3.63, 3.8) is 0 Å². The lowest BCUT2D eigenvalue weighted by molar-refractivity contribution is -0.293. The third kappa shape index (κ3) is 4.42. The summed E-state index contributed by atoms with van der Waals surface area (Å²) in [5, 5.41) is 29.9. The topological polar surface area (TPSA) is 79.2 Å². The number of ether oxygens (including phenoxy) is 2. The molecule has 3 aliphatic rings. The lowest BCUT2D eigenvalue weighted by Gasteiger charge is -2.57. The second-order valence-corrected chi connectivity index (χ2v) is 11.1. The van der Waals surface area contributed by atoms with Gasteiger partial charge in [0.1, 0.15) is 18.3 Å². The van der Waals surface area contributed by atoms with Crippen molar-refractivity contribution in [1.82, 2.24) is 0 Å². The molecule has 1 heterocycles. The van der Waals surface area contributed by atoms with Crippen LogP contribution in [-0.4, -0.2) is 52.1 Å². The lowest BCUT2D eigenvalue weighted by Crippen LogP contribution is -2.55. The fourth-order valence-electron chi connectivity index (χ4n) is 6.48. The largest absolute Gasteiger partial charge is 0.388 e. The van der Waals surface area contributed by atoms with Crippen molar-refractivity contribution in [1.29, 1.82) is 0 Å². The average Bonchev–Trinajstić information content (AvgIpc) is 2.67. The van der Waals surface area contributed by atoms with E-state index in [0.29, 0.717) is 17.3 Å². The van der Waals surface area contributed by atoms with Crippen molar-refractivity contribution in [2.75, 3.05) is 6.61 Å². The fourth-order valence-corrected chi connectivity index (χ4v) is 6.48. The molecule has 0 spiro atoms. The highest BCUT2D eigenvalue weighted by atomic mass is 16.7. The minimum atomic E-state index is -1.29. The number of aliphatic hydroxyl groups is 3. The van der Waals surface area contributed by atoms with E-state index < -0.39 is 30.2 Å². The Hall–Kier alpha value is -0.720. The molecular weight excluding hydrogens is 380 g/mol. The van der Waals surface area contributed by atoms with E-state index in [1.165, 1.54) is 31.3 Å². The van der Waals surface area contributed by atoms with Crippen LogP contribution < -0.4 is 0 Å². The van der Waals surface area contributed by atoms with Gasteiger partial charge in [-0.25, -0.2) is 0 Å². The van der Waals surface area contributed by atoms with Gasteiger partial charge in [0, 0.05) is 0 Å². The molecule has 0 aromatic heterocycles. The van der Waals surface area contributed by atoms with Gasteiger partial charge in [0.15, 0.2) is 6.29 Å². The molecule has 1 saturated carbocycles. The van der Waals surface area contributed by atoms with Gasteiger partial charge >= 0.3 is 0 Å². The van der Waals surface area contributed by atoms with Crippen molar-refractivity contribution in [3.8, 4) is 0 Å². The fraction of sp³-hybridized carbons (Fsp3) is 0.840. The predicted molar refractivity (Wildman–Crippen MR) is 118 cm³/mol. The molecule has 0 radical (unpaired) electrons. The molecule has 2 aliphatic carbocycles. The van der Waals surface area contributed by atoms with Gasteiger partial charge in [0.2, 0.25) is 0 Å². The minimum absolute atomic E-state index is 0.0601. The first-order valence-electron chi connectivity index (χ1n) is 11.6. The van der Waals surface area contributed by atoms with E-state index in [0.717, 1.165) is 12.8 Å². The molecule has 8 atom stereocenters. The average molecular weight is 423 g/mol. The second kappa shape index (κ2) is 8.67. The van der Waals surface area contributed by atoms with E-state index in [9.17, 15) is 15.3 Å². The summed E-state index contributed by atoms with van der Waals surface area (Å²) >= 11 is 0. The minimum Gasteiger partial charge on any atom is -0.388 e. The van der Waals surface area contributed by atoms with Gasteiger partial charge in [-0.05, 0) is 68.6 Å². The van der Waals surface area contributed by atoms with Gasteiger partial charge in [0.25, 0.3) is 0 Å². The Morgan fingerprint density at radius 2 is 1.93 bits per heavy atom. The summed E-state index contributed by atoms with van der Waals surface area (Å²) in [6, 6.07) is 0. The molecule has 0 aromatic rings. The van der Waals surface area contributed by atoms with Crippen molar-refractivity contribution >= 4 is 0 Å². The Morgan fingerprint density at radius 3 is 2.60 bits per heavy atom. The number of rotatable bonds is 6. The highest BCUT2D eigenvalue weighted by Crippen LogP contribution is 2.60. The SMILES string of the molecule is C=CC(C)(CCC1C(C)=CCC2C(C)(C)CCCC12C)OC1OCC(O)C(O)C1O. The van der Waals surface area contributed by atoms with E-state index in [4.69, 9.17) is 9.47 Å². The molecule has 8 unspecified atom stereocenters. The highest BCUT2D eigenvalue weighted by Gasteiger charge is 2.52. The van der Waals surface area contributed by atoms with Gasteiger partial charge in [0.05, 0.1) is 12.2 Å². The van der Waals surface area contributed by atoms with E-state index >= 15 is 0 Å². The molecule has 2 fully saturated rings. The number of fused-ring (bicyclic) bond motifs is 1. The molecule has 0 amide bonds. The zero-order valence-electron chi connectivity index (χ0n) is 19.4. The molecule has 30 heavy (non-hydrogen) atoms. The van der Waals surface area contributed by atoms with Crippen LogP contribution in [0.5, 0.6) is 0 Å². The third-order valence-electron chi connectivity index (χ3n) is 8.50. The molecular formula is C25H42O5. The van der Waals surface area contributed by atoms with Crippen molar-refractivity contribution in [2.45, 2.75) is 103 Å². The van der Waals surface area contributed by atoms with Gasteiger partial charge in [-0.15, -0.1) is 6.58 Å². The van der Waals surface area contributed by atoms with Crippen molar-refractivity contribution in [3.05, 3.63) is 24.3 Å². The zero-order chi connectivity index (χ0) is 22.3. The Balaban J connectivity index is 1.72. The number of aliphatic hydroxyl groups excluding tert-OH is 3. The maximum atomic E-state index is 10.3. The van der Waals surface area contributed by atoms with Crippen LogP contribution >= 0.6 is 0 Å². The van der Waals surface area contributed by atoms with Crippen LogP contribution in [0.25, 0.3) is 0 Å². The molecule has 172 valence electrons. The molecule has 0 bridgehead atoms. The van der Waals surface area contributed by atoms with E-state index in [1.54, 1.807) is 6.08 Å². The van der Waals surface area contributed by atoms with Crippen LogP contribution in [0.15, 0.2) is 24.3 Å². The summed E-state index contributed by atoms with van der Waals surface area (Å²) in [7, 11) is 0. The summed E-state index contributed by atoms with van der Waals surface area (Å²) in [6.07, 6.45) is 6.31. The van der Waals surface area contributed by atoms with Gasteiger partial charge in [-0.2, -0.15) is 0 Å². The molecule has 5 heteroatoms. The Morgan fingerprint density at radius 1 is 1.23 bits per heavy atom. The van der Waals surface area contributed by atoms with Crippen LogP contribution in [0.1, 0.15) is 73.1 Å². The summed E-state index contributed by atoms with van der Waals surface area (Å²) in [4.78, 5) is 0. The van der Waals surface area contributed by atoms with E-state index in [1.807, 2.05) is 6.92 Å². The van der Waals surface area contributed by atoms with Crippen LogP contribution in [-0.2, 0) is 9.47 Å². The summed E-state index contributed by atoms with van der Waals surface area (Å²) in [6.45, 7) is 15.5. The number of hydrogen-bond acceptors (Lipinski definition) is 5. The maximum absolute atomic E-state index is 10.3. The second-order valence-electron chi connectivity index (χ2n) is 11.1. The number of allylic oxidation sites excluding steroid dienone is 2. The predicted octanol–water partition coefficient (Wildman–Crippen LogP) is 3.97. The first-order chi connectivity index (χ1) is 13.9. The van der Waals surface area contributed by atoms with Crippen molar-refractivity contribution < 1.29 is 24.8 Å². The van der Waals surface area contributed by atoms with Crippen LogP contribution in [0, 0.1) is 22.7 Å². The summed E-state index contributed by atoms with van der Waals surface area (Å²) in [5.74, 6) is 1.17. The highest BCUT2D eigenvalue weighted by molar-refractivity contribution is 5.18. The van der Waals surface area contributed by atoms with Crippen LogP contribution in [0.3, 0.4) is 0 Å². The van der Waals surface area contributed by atoms with Gasteiger partial charge in [-0.3, -0.25) is 0 Å². The summed E-state index contributed by atoms with van der Waals surface area (Å²) in [5.41, 5.74) is 1.42. The molecule has 1 saturated heterocycles. The van der Waals surface area contributed by atoms with Crippen molar-refractivity contribution in [2.24, 2.45) is 22.7 Å². The standard InChI is InChI=1S/C25H42O5/c1-7-24(5,30-22-21(28)20(27)18(26)15-29-22)14-11-17-16(2)9-10-19-23(3,4)12-8-13-25(17,19)6/h7,9,17-22,26-28H,1,8,10-15H2,2-6H3. The quantitative estimate of drug-likeness (QED) is 0.565. The summed E-state index contributed by atoms with van der Waals surface area (Å²) < 4.78 is 11.6. The van der Waals surface area contributed by atoms with E-state index in [-0.39, 0.29) is 12.0 Å². The van der Waals surface area contributed by atoms with Crippen LogP contribution in [0.4, 0.5) is 0 Å². The zero-order valence-corrected chi connectivity index (χ0v) is 19.4. The monoisotopic (exact) mass is 422 g/mol.